The minimum Gasteiger partial charge on any atom is -0.344 e. The number of nitrogens with zero attached hydrogens (tertiary/aromatic N) is 2. The fourth-order valence-electron chi connectivity index (χ4n) is 4.33. The van der Waals surface area contributed by atoms with E-state index in [0.29, 0.717) is 22.7 Å². The molecule has 1 saturated carbocycles. The van der Waals surface area contributed by atoms with E-state index in [0.717, 1.165) is 37.0 Å². The first kappa shape index (κ1) is 18.9. The van der Waals surface area contributed by atoms with Crippen LogP contribution in [0, 0.1) is 17.2 Å². The number of amidine groups is 1. The van der Waals surface area contributed by atoms with Gasteiger partial charge in [0, 0.05) is 34.4 Å². The molecule has 28 heavy (non-hydrogen) atoms. The summed E-state index contributed by atoms with van der Waals surface area (Å²) in [7, 11) is 0. The minimum atomic E-state index is 0.215. The highest BCUT2D eigenvalue weighted by molar-refractivity contribution is 6.30. The molecular weight excluding hydrogens is 368 g/mol. The SMILES string of the molecule is CC(C(=N)Nc1ccc(Cl)cc1)C1CCC(c2ccnc3ncccc23)CC1. The third-order valence-electron chi connectivity index (χ3n) is 6.05. The lowest BCUT2D eigenvalue weighted by atomic mass is 9.73. The van der Waals surface area contributed by atoms with E-state index in [-0.39, 0.29) is 5.92 Å². The van der Waals surface area contributed by atoms with Gasteiger partial charge < -0.3 is 5.32 Å². The van der Waals surface area contributed by atoms with Crippen molar-refractivity contribution in [1.82, 2.24) is 9.97 Å². The molecule has 5 heteroatoms. The van der Waals surface area contributed by atoms with Crippen LogP contribution in [0.5, 0.6) is 0 Å². The van der Waals surface area contributed by atoms with E-state index in [1.54, 1.807) is 6.20 Å². The second-order valence-electron chi connectivity index (χ2n) is 7.72. The number of nitrogens with one attached hydrogen (secondary N) is 2. The van der Waals surface area contributed by atoms with E-state index in [2.05, 4.69) is 34.3 Å². The number of hydrogen-bond acceptors (Lipinski definition) is 3. The third kappa shape index (κ3) is 4.02. The zero-order valence-corrected chi connectivity index (χ0v) is 16.8. The molecule has 0 radical (unpaired) electrons. The maximum absolute atomic E-state index is 8.48. The molecule has 0 amide bonds. The van der Waals surface area contributed by atoms with Crippen molar-refractivity contribution in [3.63, 3.8) is 0 Å². The van der Waals surface area contributed by atoms with E-state index >= 15 is 0 Å². The zero-order valence-electron chi connectivity index (χ0n) is 16.0. The molecular formula is C23H25ClN4. The van der Waals surface area contributed by atoms with E-state index in [1.165, 1.54) is 10.9 Å². The number of aromatic nitrogens is 2. The molecule has 0 saturated heterocycles. The standard InChI is InChI=1S/C23H25ClN4/c1-15(22(25)28-19-10-8-18(24)9-11-19)16-4-6-17(7-5-16)20-12-14-27-23-21(20)3-2-13-26-23/h2-3,8-17H,4-7H2,1H3,(H2,25,28). The first-order chi connectivity index (χ1) is 13.6. The summed E-state index contributed by atoms with van der Waals surface area (Å²) in [5.41, 5.74) is 3.13. The van der Waals surface area contributed by atoms with Crippen LogP contribution in [-0.4, -0.2) is 15.8 Å². The van der Waals surface area contributed by atoms with E-state index in [9.17, 15) is 0 Å². The molecule has 144 valence electrons. The number of anilines is 1. The summed E-state index contributed by atoms with van der Waals surface area (Å²) in [5.74, 6) is 1.89. The lowest BCUT2D eigenvalue weighted by Gasteiger charge is -2.33. The first-order valence-corrected chi connectivity index (χ1v) is 10.3. The van der Waals surface area contributed by atoms with Gasteiger partial charge >= 0.3 is 0 Å². The number of hydrogen-bond donors (Lipinski definition) is 2. The molecule has 1 fully saturated rings. The van der Waals surface area contributed by atoms with Crippen LogP contribution in [0.15, 0.2) is 54.9 Å². The Bertz CT molecular complexity index is 957. The summed E-state index contributed by atoms with van der Waals surface area (Å²) in [6.07, 6.45) is 8.26. The van der Waals surface area contributed by atoms with Crippen molar-refractivity contribution in [2.24, 2.45) is 11.8 Å². The number of rotatable bonds is 4. The summed E-state index contributed by atoms with van der Waals surface area (Å²) in [6, 6.07) is 13.8. The van der Waals surface area contributed by atoms with Crippen LogP contribution in [0.1, 0.15) is 44.1 Å². The molecule has 1 unspecified atom stereocenters. The highest BCUT2D eigenvalue weighted by atomic mass is 35.5. The van der Waals surface area contributed by atoms with Crippen molar-refractivity contribution in [1.29, 1.82) is 5.41 Å². The van der Waals surface area contributed by atoms with Gasteiger partial charge in [0.15, 0.2) is 5.65 Å². The maximum Gasteiger partial charge on any atom is 0.159 e. The fraction of sp³-hybridized carbons (Fsp3) is 0.348. The van der Waals surface area contributed by atoms with E-state index in [4.69, 9.17) is 17.0 Å². The van der Waals surface area contributed by atoms with Gasteiger partial charge in [-0.15, -0.1) is 0 Å². The third-order valence-corrected chi connectivity index (χ3v) is 6.30. The lowest BCUT2D eigenvalue weighted by Crippen LogP contribution is -2.29. The van der Waals surface area contributed by atoms with Crippen LogP contribution in [0.25, 0.3) is 11.0 Å². The monoisotopic (exact) mass is 392 g/mol. The fourth-order valence-corrected chi connectivity index (χ4v) is 4.45. The van der Waals surface area contributed by atoms with Gasteiger partial charge in [0.05, 0.1) is 0 Å². The Morgan fingerprint density at radius 1 is 1.04 bits per heavy atom. The van der Waals surface area contributed by atoms with Crippen LogP contribution in [-0.2, 0) is 0 Å². The molecule has 3 aromatic rings. The molecule has 1 aliphatic rings. The summed E-state index contributed by atoms with van der Waals surface area (Å²) in [5, 5.41) is 13.6. The Morgan fingerprint density at radius 3 is 2.50 bits per heavy atom. The lowest BCUT2D eigenvalue weighted by molar-refractivity contribution is 0.287. The summed E-state index contributed by atoms with van der Waals surface area (Å²) in [4.78, 5) is 8.79. The Morgan fingerprint density at radius 2 is 1.75 bits per heavy atom. The Labute approximate surface area is 170 Å². The number of fused-ring (bicyclic) bond motifs is 1. The molecule has 0 spiro atoms. The van der Waals surface area contributed by atoms with Gasteiger partial charge in [-0.2, -0.15) is 0 Å². The molecule has 4 rings (SSSR count). The summed E-state index contributed by atoms with van der Waals surface area (Å²) >= 11 is 5.94. The van der Waals surface area contributed by atoms with E-state index < -0.39 is 0 Å². The van der Waals surface area contributed by atoms with Crippen LogP contribution < -0.4 is 5.32 Å². The first-order valence-electron chi connectivity index (χ1n) is 9.92. The number of pyridine rings is 2. The van der Waals surface area contributed by atoms with Crippen molar-refractivity contribution < 1.29 is 0 Å². The minimum absolute atomic E-state index is 0.215. The van der Waals surface area contributed by atoms with Gasteiger partial charge in [0.1, 0.15) is 5.84 Å². The topological polar surface area (TPSA) is 61.7 Å². The Balaban J connectivity index is 1.39. The van der Waals surface area contributed by atoms with Gasteiger partial charge in [-0.3, -0.25) is 5.41 Å². The van der Waals surface area contributed by atoms with Gasteiger partial charge in [0.2, 0.25) is 0 Å². The van der Waals surface area contributed by atoms with Crippen LogP contribution in [0.2, 0.25) is 5.02 Å². The normalized spacial score (nSPS) is 20.6. The predicted octanol–water partition coefficient (Wildman–Crippen LogP) is 6.28. The second-order valence-corrected chi connectivity index (χ2v) is 8.16. The predicted molar refractivity (Wildman–Crippen MR) is 116 cm³/mol. The van der Waals surface area contributed by atoms with E-state index in [1.807, 2.05) is 36.5 Å². The largest absolute Gasteiger partial charge is 0.344 e. The van der Waals surface area contributed by atoms with Crippen molar-refractivity contribution >= 4 is 34.2 Å². The molecule has 2 N–H and O–H groups in total. The van der Waals surface area contributed by atoms with Gasteiger partial charge in [-0.25, -0.2) is 9.97 Å². The number of halogens is 1. The average molecular weight is 393 g/mol. The molecule has 2 heterocycles. The molecule has 1 atom stereocenters. The van der Waals surface area contributed by atoms with Gasteiger partial charge in [0.25, 0.3) is 0 Å². The molecule has 1 aliphatic carbocycles. The van der Waals surface area contributed by atoms with Gasteiger partial charge in [-0.1, -0.05) is 18.5 Å². The molecule has 4 nitrogen and oxygen atoms in total. The number of benzene rings is 1. The van der Waals surface area contributed by atoms with Gasteiger partial charge in [-0.05, 0) is 85.5 Å². The maximum atomic E-state index is 8.48. The molecule has 0 aliphatic heterocycles. The Hall–Kier alpha value is -2.46. The van der Waals surface area contributed by atoms with Crippen LogP contribution >= 0.6 is 11.6 Å². The zero-order chi connectivity index (χ0) is 19.5. The quantitative estimate of drug-likeness (QED) is 0.405. The van der Waals surface area contributed by atoms with Crippen molar-refractivity contribution in [3.05, 3.63) is 65.4 Å². The average Bonchev–Trinajstić information content (AvgIpc) is 2.74. The highest BCUT2D eigenvalue weighted by Gasteiger charge is 2.29. The smallest absolute Gasteiger partial charge is 0.159 e. The second kappa shape index (κ2) is 8.27. The Kier molecular flexibility index (Phi) is 5.58. The molecule has 2 aromatic heterocycles. The van der Waals surface area contributed by atoms with Crippen LogP contribution in [0.3, 0.4) is 0 Å². The summed E-state index contributed by atoms with van der Waals surface area (Å²) in [6.45, 7) is 2.17. The molecule has 0 bridgehead atoms. The summed E-state index contributed by atoms with van der Waals surface area (Å²) < 4.78 is 0. The van der Waals surface area contributed by atoms with Crippen molar-refractivity contribution in [2.45, 2.75) is 38.5 Å². The molecule has 1 aromatic carbocycles. The van der Waals surface area contributed by atoms with Crippen LogP contribution in [0.4, 0.5) is 5.69 Å². The van der Waals surface area contributed by atoms with Crippen molar-refractivity contribution in [3.8, 4) is 0 Å². The highest BCUT2D eigenvalue weighted by Crippen LogP contribution is 2.40. The van der Waals surface area contributed by atoms with Crippen molar-refractivity contribution in [2.75, 3.05) is 5.32 Å².